The standard InChI is InChI=1S/C46H66O2/c1-3-5-6-7-8-9-10-11-12-13-14-15-16-17-18-19-20-21-25-28-31-34-37-40-43-46(48)44-41-38-35-32-29-26-23-22-24-27-30-33-36-39-42-45(47)4-2/h1-2,5-6,21,23,25-26,34,37,39,42,45,47H,7-20,22,24,27-33,35-36,38H2/b6-5-,25-21-,26-23-,37-34-,42-39+/t45-/m1/s1. The molecule has 0 bridgehead atoms. The lowest BCUT2D eigenvalue weighted by atomic mass is 10.0. The Labute approximate surface area is 297 Å². The first kappa shape index (κ1) is 44.6. The van der Waals surface area contributed by atoms with E-state index >= 15 is 0 Å². The van der Waals surface area contributed by atoms with Crippen LogP contribution in [0.25, 0.3) is 0 Å². The molecule has 0 fully saturated rings. The minimum atomic E-state index is -0.750. The Bertz CT molecular complexity index is 1110. The van der Waals surface area contributed by atoms with Gasteiger partial charge in [0.25, 0.3) is 5.78 Å². The number of carbonyl (C=O) groups is 1. The minimum Gasteiger partial charge on any atom is -0.377 e. The first-order chi connectivity index (χ1) is 23.7. The number of carbonyl (C=O) groups excluding carboxylic acids is 1. The molecule has 0 heterocycles. The number of hydrogen-bond donors (Lipinski definition) is 1. The van der Waals surface area contributed by atoms with Crippen LogP contribution < -0.4 is 0 Å². The highest BCUT2D eigenvalue weighted by atomic mass is 16.3. The second-order valence-corrected chi connectivity index (χ2v) is 12.5. The molecule has 0 aliphatic heterocycles. The van der Waals surface area contributed by atoms with Crippen molar-refractivity contribution in [3.05, 3.63) is 60.8 Å². The largest absolute Gasteiger partial charge is 0.377 e. The van der Waals surface area contributed by atoms with Crippen molar-refractivity contribution in [2.75, 3.05) is 0 Å². The van der Waals surface area contributed by atoms with Crippen LogP contribution in [-0.4, -0.2) is 17.0 Å². The number of terminal acetylenes is 2. The fourth-order valence-corrected chi connectivity index (χ4v) is 5.17. The Hall–Kier alpha value is -3.43. The average Bonchev–Trinajstić information content (AvgIpc) is 3.09. The average molecular weight is 651 g/mol. The van der Waals surface area contributed by atoms with Gasteiger partial charge in [-0.1, -0.05) is 143 Å². The summed E-state index contributed by atoms with van der Waals surface area (Å²) in [5, 5.41) is 9.24. The van der Waals surface area contributed by atoms with Crippen molar-refractivity contribution in [1.82, 2.24) is 0 Å². The monoisotopic (exact) mass is 651 g/mol. The summed E-state index contributed by atoms with van der Waals surface area (Å²) < 4.78 is 0. The zero-order valence-electron chi connectivity index (χ0n) is 30.2. The van der Waals surface area contributed by atoms with Crippen molar-refractivity contribution < 1.29 is 9.90 Å². The Morgan fingerprint density at radius 1 is 0.500 bits per heavy atom. The predicted octanol–water partition coefficient (Wildman–Crippen LogP) is 12.1. The molecule has 0 aliphatic carbocycles. The van der Waals surface area contributed by atoms with Crippen LogP contribution >= 0.6 is 0 Å². The molecule has 0 amide bonds. The van der Waals surface area contributed by atoms with Gasteiger partial charge in [0.2, 0.25) is 0 Å². The summed E-state index contributed by atoms with van der Waals surface area (Å²) in [6.07, 6.45) is 61.4. The van der Waals surface area contributed by atoms with Crippen LogP contribution in [0, 0.1) is 48.4 Å². The molecule has 0 radical (unpaired) electrons. The topological polar surface area (TPSA) is 37.3 Å². The summed E-state index contributed by atoms with van der Waals surface area (Å²) in [4.78, 5) is 11.8. The molecule has 0 aromatic heterocycles. The first-order valence-electron chi connectivity index (χ1n) is 19.1. The van der Waals surface area contributed by atoms with E-state index in [0.717, 1.165) is 64.2 Å². The summed E-state index contributed by atoms with van der Waals surface area (Å²) in [5.41, 5.74) is 0. The first-order valence-corrected chi connectivity index (χ1v) is 19.1. The predicted molar refractivity (Wildman–Crippen MR) is 210 cm³/mol. The fourth-order valence-electron chi connectivity index (χ4n) is 5.17. The molecule has 0 spiro atoms. The maximum atomic E-state index is 11.8. The summed E-state index contributed by atoms with van der Waals surface area (Å²) in [6, 6.07) is 0. The normalized spacial score (nSPS) is 12.0. The van der Waals surface area contributed by atoms with Gasteiger partial charge in [-0.05, 0) is 114 Å². The van der Waals surface area contributed by atoms with Crippen LogP contribution in [-0.2, 0) is 4.79 Å². The zero-order valence-corrected chi connectivity index (χ0v) is 30.2. The van der Waals surface area contributed by atoms with Gasteiger partial charge in [-0.2, -0.15) is 0 Å². The third-order valence-electron chi connectivity index (χ3n) is 8.03. The smallest absolute Gasteiger partial charge is 0.279 e. The van der Waals surface area contributed by atoms with Crippen molar-refractivity contribution in [3.63, 3.8) is 0 Å². The highest BCUT2D eigenvalue weighted by molar-refractivity contribution is 6.08. The molecule has 262 valence electrons. The SMILES string of the molecule is C#C/C=C\CCCCCCCCCCCCCC/C=C\CC/C=C\C#CC(=O)C#CCCCC/C=C\CCCCCC/C=C/[C@H](O)C#C. The second kappa shape index (κ2) is 39.7. The Kier molecular flexibility index (Phi) is 36.9. The number of allylic oxidation sites excluding steroid dienone is 9. The van der Waals surface area contributed by atoms with Gasteiger partial charge in [0.1, 0.15) is 6.10 Å². The molecule has 0 aromatic rings. The summed E-state index contributed by atoms with van der Waals surface area (Å²) in [6.45, 7) is 0. The zero-order chi connectivity index (χ0) is 34.9. The van der Waals surface area contributed by atoms with Crippen LogP contribution in [0.5, 0.6) is 0 Å². The lowest BCUT2D eigenvalue weighted by molar-refractivity contribution is -0.108. The maximum absolute atomic E-state index is 11.8. The van der Waals surface area contributed by atoms with Gasteiger partial charge in [0, 0.05) is 6.42 Å². The van der Waals surface area contributed by atoms with Gasteiger partial charge in [-0.15, -0.1) is 12.8 Å². The maximum Gasteiger partial charge on any atom is 0.279 e. The molecule has 48 heavy (non-hydrogen) atoms. The summed E-state index contributed by atoms with van der Waals surface area (Å²) >= 11 is 0. The molecule has 0 saturated heterocycles. The molecular weight excluding hydrogens is 585 g/mol. The number of hydrogen-bond acceptors (Lipinski definition) is 2. The number of ketones is 1. The molecule has 0 unspecified atom stereocenters. The van der Waals surface area contributed by atoms with Crippen molar-refractivity contribution in [3.8, 4) is 48.4 Å². The van der Waals surface area contributed by atoms with Crippen LogP contribution in [0.15, 0.2) is 60.8 Å². The van der Waals surface area contributed by atoms with Gasteiger partial charge >= 0.3 is 0 Å². The summed E-state index contributed by atoms with van der Waals surface area (Å²) in [5.74, 6) is 15.5. The third kappa shape index (κ3) is 38.8. The van der Waals surface area contributed by atoms with Crippen molar-refractivity contribution >= 4 is 5.78 Å². The lowest BCUT2D eigenvalue weighted by Crippen LogP contribution is -1.95. The van der Waals surface area contributed by atoms with E-state index in [1.54, 1.807) is 12.2 Å². The number of unbranched alkanes of at least 4 members (excludes halogenated alkanes) is 22. The number of Topliss-reactive ketones (excluding diaryl/α,β-unsaturated/α-hetero) is 1. The van der Waals surface area contributed by atoms with Gasteiger partial charge in [0.05, 0.1) is 0 Å². The van der Waals surface area contributed by atoms with Crippen molar-refractivity contribution in [2.45, 2.75) is 173 Å². The summed E-state index contributed by atoms with van der Waals surface area (Å²) in [7, 11) is 0. The van der Waals surface area contributed by atoms with E-state index in [9.17, 15) is 9.90 Å². The van der Waals surface area contributed by atoms with Crippen LogP contribution in [0.3, 0.4) is 0 Å². The Balaban J connectivity index is 3.51. The van der Waals surface area contributed by atoms with Gasteiger partial charge in [-0.25, -0.2) is 0 Å². The van der Waals surface area contributed by atoms with E-state index in [4.69, 9.17) is 12.8 Å². The van der Waals surface area contributed by atoms with E-state index in [1.165, 1.54) is 103 Å². The number of rotatable bonds is 30. The molecule has 0 aliphatic rings. The second-order valence-electron chi connectivity index (χ2n) is 12.5. The van der Waals surface area contributed by atoms with E-state index in [1.807, 2.05) is 18.2 Å². The highest BCUT2D eigenvalue weighted by Crippen LogP contribution is 2.13. The molecule has 0 saturated carbocycles. The van der Waals surface area contributed by atoms with Gasteiger partial charge in [0.15, 0.2) is 0 Å². The number of aliphatic hydroxyl groups excluding tert-OH is 1. The Morgan fingerprint density at radius 3 is 1.44 bits per heavy atom. The van der Waals surface area contributed by atoms with Gasteiger partial charge < -0.3 is 5.11 Å². The van der Waals surface area contributed by atoms with Crippen molar-refractivity contribution in [1.29, 1.82) is 0 Å². The Morgan fingerprint density at radius 2 is 0.917 bits per heavy atom. The molecular formula is C46H66O2. The molecule has 0 rings (SSSR count). The lowest BCUT2D eigenvalue weighted by Gasteiger charge is -2.02. The van der Waals surface area contributed by atoms with E-state index < -0.39 is 6.10 Å². The molecule has 1 atom stereocenters. The quantitative estimate of drug-likeness (QED) is 0.0363. The highest BCUT2D eigenvalue weighted by Gasteiger charge is 1.94. The van der Waals surface area contributed by atoms with Crippen LogP contribution in [0.1, 0.15) is 167 Å². The fraction of sp³-hybridized carbons (Fsp3) is 0.587. The van der Waals surface area contributed by atoms with Crippen LogP contribution in [0.4, 0.5) is 0 Å². The molecule has 0 aromatic carbocycles. The molecule has 2 heteroatoms. The number of aliphatic hydroxyl groups is 1. The molecule has 1 N–H and O–H groups in total. The van der Waals surface area contributed by atoms with Crippen LogP contribution in [0.2, 0.25) is 0 Å². The van der Waals surface area contributed by atoms with E-state index in [0.29, 0.717) is 0 Å². The van der Waals surface area contributed by atoms with Crippen molar-refractivity contribution in [2.24, 2.45) is 0 Å². The van der Waals surface area contributed by atoms with E-state index in [2.05, 4.69) is 65.9 Å². The third-order valence-corrected chi connectivity index (χ3v) is 8.03. The van der Waals surface area contributed by atoms with E-state index in [-0.39, 0.29) is 5.78 Å². The molecule has 2 nitrogen and oxygen atoms in total. The minimum absolute atomic E-state index is 0.298. The van der Waals surface area contributed by atoms with Gasteiger partial charge in [-0.3, -0.25) is 4.79 Å².